The molecule has 2 heteroatoms. The van der Waals surface area contributed by atoms with E-state index in [1.807, 2.05) is 0 Å². The van der Waals surface area contributed by atoms with Gasteiger partial charge < -0.3 is 10.1 Å². The molecule has 2 atom stereocenters. The van der Waals surface area contributed by atoms with Gasteiger partial charge >= 0.3 is 0 Å². The van der Waals surface area contributed by atoms with Gasteiger partial charge in [-0.2, -0.15) is 0 Å². The molecule has 0 bridgehead atoms. The van der Waals surface area contributed by atoms with E-state index in [4.69, 9.17) is 4.74 Å². The van der Waals surface area contributed by atoms with E-state index in [1.165, 1.54) is 25.8 Å². The second-order valence-electron chi connectivity index (χ2n) is 4.58. The summed E-state index contributed by atoms with van der Waals surface area (Å²) in [6.07, 6.45) is 4.05. The maximum absolute atomic E-state index is 5.12. The third-order valence-corrected chi connectivity index (χ3v) is 2.59. The number of nitrogens with one attached hydrogen (secondary N) is 1. The average molecular weight is 185 g/mol. The molecule has 0 amide bonds. The third kappa shape index (κ3) is 5.27. The highest BCUT2D eigenvalue weighted by Crippen LogP contribution is 2.19. The van der Waals surface area contributed by atoms with Crippen molar-refractivity contribution in [3.05, 3.63) is 0 Å². The van der Waals surface area contributed by atoms with Crippen molar-refractivity contribution in [2.24, 2.45) is 11.8 Å². The molecule has 0 heterocycles. The second-order valence-corrected chi connectivity index (χ2v) is 4.58. The van der Waals surface area contributed by atoms with Crippen LogP contribution in [0.15, 0.2) is 0 Å². The van der Waals surface area contributed by atoms with Gasteiger partial charge in [0.1, 0.15) is 0 Å². The standard InChI is InChI=1S/C11H23NO/c1-9(6-10(2)8-13-3)7-12-11-4-5-11/h9-12H,4-8H2,1-3H3. The van der Waals surface area contributed by atoms with Crippen LogP contribution in [0.1, 0.15) is 33.1 Å². The van der Waals surface area contributed by atoms with Gasteiger partial charge in [-0.3, -0.25) is 0 Å². The number of hydrogen-bond acceptors (Lipinski definition) is 2. The van der Waals surface area contributed by atoms with E-state index in [2.05, 4.69) is 19.2 Å². The average Bonchev–Trinajstić information content (AvgIpc) is 2.84. The molecule has 0 aromatic rings. The Morgan fingerprint density at radius 1 is 1.31 bits per heavy atom. The molecule has 1 saturated carbocycles. The molecule has 1 N–H and O–H groups in total. The summed E-state index contributed by atoms with van der Waals surface area (Å²) in [4.78, 5) is 0. The minimum atomic E-state index is 0.695. The van der Waals surface area contributed by atoms with Gasteiger partial charge in [-0.1, -0.05) is 13.8 Å². The quantitative estimate of drug-likeness (QED) is 0.655. The van der Waals surface area contributed by atoms with Crippen LogP contribution < -0.4 is 5.32 Å². The lowest BCUT2D eigenvalue weighted by atomic mass is 9.98. The number of ether oxygens (including phenoxy) is 1. The fourth-order valence-electron chi connectivity index (χ4n) is 1.78. The van der Waals surface area contributed by atoms with E-state index in [9.17, 15) is 0 Å². The molecular formula is C11H23NO. The first-order valence-corrected chi connectivity index (χ1v) is 5.44. The Morgan fingerprint density at radius 2 is 2.00 bits per heavy atom. The molecule has 0 aliphatic heterocycles. The number of methoxy groups -OCH3 is 1. The van der Waals surface area contributed by atoms with Crippen LogP contribution in [-0.2, 0) is 4.74 Å². The Hall–Kier alpha value is -0.0800. The summed E-state index contributed by atoms with van der Waals surface area (Å²) < 4.78 is 5.12. The van der Waals surface area contributed by atoms with Gasteiger partial charge in [0.15, 0.2) is 0 Å². The smallest absolute Gasteiger partial charge is 0.0487 e. The van der Waals surface area contributed by atoms with Crippen molar-refractivity contribution < 1.29 is 4.74 Å². The molecule has 0 spiro atoms. The summed E-state index contributed by atoms with van der Waals surface area (Å²) in [5.41, 5.74) is 0. The van der Waals surface area contributed by atoms with E-state index >= 15 is 0 Å². The lowest BCUT2D eigenvalue weighted by molar-refractivity contribution is 0.147. The first kappa shape index (κ1) is 11.0. The summed E-state index contributed by atoms with van der Waals surface area (Å²) in [5.74, 6) is 1.48. The third-order valence-electron chi connectivity index (χ3n) is 2.59. The van der Waals surface area contributed by atoms with Gasteiger partial charge in [0.2, 0.25) is 0 Å². The maximum Gasteiger partial charge on any atom is 0.0487 e. The van der Waals surface area contributed by atoms with Crippen molar-refractivity contribution in [2.75, 3.05) is 20.3 Å². The van der Waals surface area contributed by atoms with Crippen LogP contribution >= 0.6 is 0 Å². The van der Waals surface area contributed by atoms with Gasteiger partial charge in [-0.15, -0.1) is 0 Å². The monoisotopic (exact) mass is 185 g/mol. The Bertz CT molecular complexity index is 134. The van der Waals surface area contributed by atoms with Crippen LogP contribution in [-0.4, -0.2) is 26.3 Å². The summed E-state index contributed by atoms with van der Waals surface area (Å²) in [7, 11) is 1.78. The SMILES string of the molecule is COCC(C)CC(C)CNC1CC1. The molecule has 1 aliphatic carbocycles. The molecule has 78 valence electrons. The number of hydrogen-bond donors (Lipinski definition) is 1. The van der Waals surface area contributed by atoms with Crippen LogP contribution in [0.2, 0.25) is 0 Å². The fourth-order valence-corrected chi connectivity index (χ4v) is 1.78. The summed E-state index contributed by atoms with van der Waals surface area (Å²) >= 11 is 0. The van der Waals surface area contributed by atoms with Crippen molar-refractivity contribution in [3.8, 4) is 0 Å². The van der Waals surface area contributed by atoms with Crippen molar-refractivity contribution >= 4 is 0 Å². The molecule has 0 radical (unpaired) electrons. The number of rotatable bonds is 7. The first-order valence-electron chi connectivity index (χ1n) is 5.44. The van der Waals surface area contributed by atoms with Crippen LogP contribution in [0.5, 0.6) is 0 Å². The van der Waals surface area contributed by atoms with E-state index in [0.29, 0.717) is 5.92 Å². The van der Waals surface area contributed by atoms with E-state index in [1.54, 1.807) is 7.11 Å². The van der Waals surface area contributed by atoms with E-state index in [-0.39, 0.29) is 0 Å². The molecular weight excluding hydrogens is 162 g/mol. The Balaban J connectivity index is 1.97. The van der Waals surface area contributed by atoms with Crippen molar-refractivity contribution in [1.29, 1.82) is 0 Å². The van der Waals surface area contributed by atoms with Crippen molar-refractivity contribution in [2.45, 2.75) is 39.2 Å². The van der Waals surface area contributed by atoms with Gasteiger partial charge in [-0.05, 0) is 37.6 Å². The highest BCUT2D eigenvalue weighted by atomic mass is 16.5. The molecule has 0 aromatic carbocycles. The van der Waals surface area contributed by atoms with E-state index in [0.717, 1.165) is 18.6 Å². The molecule has 1 fully saturated rings. The zero-order valence-electron chi connectivity index (χ0n) is 9.18. The highest BCUT2D eigenvalue weighted by molar-refractivity contribution is 4.81. The Kier molecular flexibility index (Phi) is 4.74. The van der Waals surface area contributed by atoms with Crippen LogP contribution in [0.4, 0.5) is 0 Å². The lowest BCUT2D eigenvalue weighted by Gasteiger charge is -2.16. The lowest BCUT2D eigenvalue weighted by Crippen LogP contribution is -2.24. The van der Waals surface area contributed by atoms with Gasteiger partial charge in [0, 0.05) is 19.8 Å². The topological polar surface area (TPSA) is 21.3 Å². The Morgan fingerprint density at radius 3 is 2.54 bits per heavy atom. The maximum atomic E-state index is 5.12. The minimum Gasteiger partial charge on any atom is -0.384 e. The first-order chi connectivity index (χ1) is 6.22. The zero-order chi connectivity index (χ0) is 9.68. The summed E-state index contributed by atoms with van der Waals surface area (Å²) in [6, 6.07) is 0.847. The Labute approximate surface area is 82.0 Å². The van der Waals surface area contributed by atoms with Gasteiger partial charge in [0.05, 0.1) is 0 Å². The minimum absolute atomic E-state index is 0.695. The fraction of sp³-hybridized carbons (Fsp3) is 1.00. The largest absolute Gasteiger partial charge is 0.384 e. The molecule has 0 aromatic heterocycles. The van der Waals surface area contributed by atoms with Crippen LogP contribution in [0.3, 0.4) is 0 Å². The predicted octanol–water partition coefficient (Wildman–Crippen LogP) is 2.05. The highest BCUT2D eigenvalue weighted by Gasteiger charge is 2.21. The molecule has 2 nitrogen and oxygen atoms in total. The summed E-state index contributed by atoms with van der Waals surface area (Å²) in [5, 5.41) is 3.56. The molecule has 0 saturated heterocycles. The van der Waals surface area contributed by atoms with Crippen molar-refractivity contribution in [3.63, 3.8) is 0 Å². The van der Waals surface area contributed by atoms with Crippen LogP contribution in [0.25, 0.3) is 0 Å². The molecule has 2 unspecified atom stereocenters. The predicted molar refractivity (Wildman–Crippen MR) is 55.8 cm³/mol. The van der Waals surface area contributed by atoms with Crippen LogP contribution in [0, 0.1) is 11.8 Å². The van der Waals surface area contributed by atoms with Gasteiger partial charge in [0.25, 0.3) is 0 Å². The zero-order valence-corrected chi connectivity index (χ0v) is 9.18. The summed E-state index contributed by atoms with van der Waals surface area (Å²) in [6.45, 7) is 6.66. The van der Waals surface area contributed by atoms with E-state index < -0.39 is 0 Å². The molecule has 1 rings (SSSR count). The molecule has 13 heavy (non-hydrogen) atoms. The van der Waals surface area contributed by atoms with Gasteiger partial charge in [-0.25, -0.2) is 0 Å². The molecule has 1 aliphatic rings. The normalized spacial score (nSPS) is 21.5. The van der Waals surface area contributed by atoms with Crippen molar-refractivity contribution in [1.82, 2.24) is 5.32 Å². The second kappa shape index (κ2) is 5.61.